The van der Waals surface area contributed by atoms with Gasteiger partial charge in [-0.05, 0) is 30.7 Å². The van der Waals surface area contributed by atoms with Crippen LogP contribution in [0.2, 0.25) is 0 Å². The Kier molecular flexibility index (Phi) is 6.87. The highest BCUT2D eigenvalue weighted by molar-refractivity contribution is 6.12. The van der Waals surface area contributed by atoms with Gasteiger partial charge in [0.25, 0.3) is 11.5 Å². The fourth-order valence-corrected chi connectivity index (χ4v) is 3.94. The average molecular weight is 474 g/mol. The Morgan fingerprint density at radius 2 is 1.82 bits per heavy atom. The molecule has 4 rings (SSSR count). The molecule has 1 aliphatic rings. The first-order valence-electron chi connectivity index (χ1n) is 11.1. The molecule has 180 valence electrons. The second kappa shape index (κ2) is 9.84. The first-order valence-corrected chi connectivity index (χ1v) is 11.1. The van der Waals surface area contributed by atoms with Crippen LogP contribution in [-0.2, 0) is 17.5 Å². The highest BCUT2D eigenvalue weighted by Crippen LogP contribution is 2.36. The number of hydrogen-bond donors (Lipinski definition) is 1. The number of hydrogen-bond acceptors (Lipinski definition) is 5. The Bertz CT molecular complexity index is 1250. The lowest BCUT2D eigenvalue weighted by atomic mass is 10.1. The number of fused-ring (bicyclic) bond motifs is 1. The standard InChI is InChI=1S/C24H25F3N4O3/c1-2-3-10-31-23(33)18-7-5-4-6-17(18)21(29-31)22(32)28-19-15-16(24(25,26)27)8-9-20(19)30-11-13-34-14-12-30/h4-9,15H,2-3,10-14H2,1H3,(H,28,32). The molecule has 10 heteroatoms. The SMILES string of the molecule is CCCCn1nc(C(=O)Nc2cc(C(F)(F)F)ccc2N2CCOCC2)c2ccccc2c1=O. The lowest BCUT2D eigenvalue weighted by molar-refractivity contribution is -0.137. The summed E-state index contributed by atoms with van der Waals surface area (Å²) in [6, 6.07) is 9.88. The summed E-state index contributed by atoms with van der Waals surface area (Å²) in [5.41, 5.74) is -0.706. The monoisotopic (exact) mass is 474 g/mol. The van der Waals surface area contributed by atoms with E-state index in [2.05, 4.69) is 10.4 Å². The smallest absolute Gasteiger partial charge is 0.378 e. The molecule has 0 bridgehead atoms. The van der Waals surface area contributed by atoms with Gasteiger partial charge in [-0.3, -0.25) is 9.59 Å². The summed E-state index contributed by atoms with van der Waals surface area (Å²) in [5, 5.41) is 7.59. The number of carbonyl (C=O) groups is 1. The molecule has 1 fully saturated rings. The van der Waals surface area contributed by atoms with E-state index in [1.807, 2.05) is 11.8 Å². The van der Waals surface area contributed by atoms with Gasteiger partial charge in [0.05, 0.1) is 35.5 Å². The van der Waals surface area contributed by atoms with Crippen molar-refractivity contribution in [2.45, 2.75) is 32.5 Å². The zero-order valence-electron chi connectivity index (χ0n) is 18.7. The molecule has 0 aliphatic carbocycles. The van der Waals surface area contributed by atoms with Crippen molar-refractivity contribution in [2.75, 3.05) is 36.5 Å². The molecule has 3 aromatic rings. The van der Waals surface area contributed by atoms with E-state index in [4.69, 9.17) is 4.74 Å². The van der Waals surface area contributed by atoms with Gasteiger partial charge in [0.2, 0.25) is 0 Å². The van der Waals surface area contributed by atoms with Gasteiger partial charge in [0, 0.05) is 25.0 Å². The number of alkyl halides is 3. The van der Waals surface area contributed by atoms with E-state index in [1.165, 1.54) is 10.7 Å². The molecule has 0 atom stereocenters. The number of ether oxygens (including phenoxy) is 1. The van der Waals surface area contributed by atoms with Gasteiger partial charge >= 0.3 is 6.18 Å². The number of anilines is 2. The fraction of sp³-hybridized carbons (Fsp3) is 0.375. The van der Waals surface area contributed by atoms with Crippen LogP contribution < -0.4 is 15.8 Å². The van der Waals surface area contributed by atoms with E-state index >= 15 is 0 Å². The molecule has 0 saturated carbocycles. The number of benzene rings is 2. The van der Waals surface area contributed by atoms with Gasteiger partial charge in [-0.15, -0.1) is 0 Å². The maximum atomic E-state index is 13.4. The molecular weight excluding hydrogens is 449 g/mol. The number of amides is 1. The van der Waals surface area contributed by atoms with Crippen LogP contribution >= 0.6 is 0 Å². The van der Waals surface area contributed by atoms with Crippen LogP contribution in [0.4, 0.5) is 24.5 Å². The van der Waals surface area contributed by atoms with Crippen molar-refractivity contribution in [3.63, 3.8) is 0 Å². The first-order chi connectivity index (χ1) is 16.3. The third kappa shape index (κ3) is 4.91. The van der Waals surface area contributed by atoms with Crippen molar-refractivity contribution >= 4 is 28.1 Å². The second-order valence-electron chi connectivity index (χ2n) is 8.06. The van der Waals surface area contributed by atoms with Crippen molar-refractivity contribution in [1.82, 2.24) is 9.78 Å². The number of morpholine rings is 1. The van der Waals surface area contributed by atoms with Crippen LogP contribution in [0.3, 0.4) is 0 Å². The number of unbranched alkanes of at least 4 members (excludes halogenated alkanes) is 1. The Morgan fingerprint density at radius 1 is 1.12 bits per heavy atom. The molecule has 1 aromatic heterocycles. The molecular formula is C24H25F3N4O3. The summed E-state index contributed by atoms with van der Waals surface area (Å²) in [7, 11) is 0. The summed E-state index contributed by atoms with van der Waals surface area (Å²) >= 11 is 0. The van der Waals surface area contributed by atoms with Gasteiger partial charge in [-0.1, -0.05) is 31.5 Å². The Balaban J connectivity index is 1.77. The number of aromatic nitrogens is 2. The molecule has 0 spiro atoms. The quantitative estimate of drug-likeness (QED) is 0.577. The normalized spacial score (nSPS) is 14.4. The van der Waals surface area contributed by atoms with Crippen LogP contribution in [0.25, 0.3) is 10.8 Å². The van der Waals surface area contributed by atoms with Crippen molar-refractivity contribution in [3.05, 3.63) is 64.1 Å². The number of rotatable bonds is 6. The summed E-state index contributed by atoms with van der Waals surface area (Å²) < 4.78 is 46.9. The average Bonchev–Trinajstić information content (AvgIpc) is 2.83. The Hall–Kier alpha value is -3.40. The largest absolute Gasteiger partial charge is 0.416 e. The highest BCUT2D eigenvalue weighted by Gasteiger charge is 2.32. The lowest BCUT2D eigenvalue weighted by Gasteiger charge is -2.31. The maximum Gasteiger partial charge on any atom is 0.416 e. The molecule has 0 radical (unpaired) electrons. The zero-order chi connectivity index (χ0) is 24.3. The van der Waals surface area contributed by atoms with Gasteiger partial charge in [0.15, 0.2) is 5.69 Å². The zero-order valence-corrected chi connectivity index (χ0v) is 18.7. The van der Waals surface area contributed by atoms with Crippen molar-refractivity contribution in [2.24, 2.45) is 0 Å². The first kappa shape index (κ1) is 23.7. The molecule has 0 unspecified atom stereocenters. The van der Waals surface area contributed by atoms with Gasteiger partial charge in [-0.25, -0.2) is 4.68 Å². The van der Waals surface area contributed by atoms with E-state index in [-0.39, 0.29) is 16.9 Å². The summed E-state index contributed by atoms with van der Waals surface area (Å²) in [6.07, 6.45) is -3.04. The molecule has 1 amide bonds. The van der Waals surface area contributed by atoms with Crippen LogP contribution in [0.5, 0.6) is 0 Å². The molecule has 1 N–H and O–H groups in total. The van der Waals surface area contributed by atoms with E-state index in [0.717, 1.165) is 18.6 Å². The second-order valence-corrected chi connectivity index (χ2v) is 8.06. The predicted octanol–water partition coefficient (Wildman–Crippen LogP) is 4.30. The Labute approximate surface area is 194 Å². The topological polar surface area (TPSA) is 76.5 Å². The van der Waals surface area contributed by atoms with Crippen LogP contribution in [0, 0.1) is 0 Å². The van der Waals surface area contributed by atoms with E-state index < -0.39 is 17.6 Å². The van der Waals surface area contributed by atoms with Crippen LogP contribution in [0.1, 0.15) is 35.8 Å². The maximum absolute atomic E-state index is 13.4. The van der Waals surface area contributed by atoms with Crippen molar-refractivity contribution < 1.29 is 22.7 Å². The molecule has 1 saturated heterocycles. The van der Waals surface area contributed by atoms with E-state index in [0.29, 0.717) is 55.7 Å². The minimum absolute atomic E-state index is 0.0170. The molecule has 34 heavy (non-hydrogen) atoms. The van der Waals surface area contributed by atoms with Crippen LogP contribution in [0.15, 0.2) is 47.3 Å². The fourth-order valence-electron chi connectivity index (χ4n) is 3.94. The van der Waals surface area contributed by atoms with E-state index in [9.17, 15) is 22.8 Å². The third-order valence-electron chi connectivity index (χ3n) is 5.73. The number of aryl methyl sites for hydroxylation is 1. The van der Waals surface area contributed by atoms with Gasteiger partial charge < -0.3 is 15.0 Å². The predicted molar refractivity (Wildman–Crippen MR) is 123 cm³/mol. The minimum Gasteiger partial charge on any atom is -0.378 e. The molecule has 1 aliphatic heterocycles. The third-order valence-corrected chi connectivity index (χ3v) is 5.73. The molecule has 2 aromatic carbocycles. The number of carbonyl (C=O) groups excluding carboxylic acids is 1. The minimum atomic E-state index is -4.57. The molecule has 7 nitrogen and oxygen atoms in total. The molecule has 2 heterocycles. The van der Waals surface area contributed by atoms with Crippen molar-refractivity contribution in [1.29, 1.82) is 0 Å². The van der Waals surface area contributed by atoms with E-state index in [1.54, 1.807) is 24.3 Å². The van der Waals surface area contributed by atoms with Crippen LogP contribution in [-0.4, -0.2) is 42.0 Å². The highest BCUT2D eigenvalue weighted by atomic mass is 19.4. The van der Waals surface area contributed by atoms with Gasteiger partial charge in [-0.2, -0.15) is 18.3 Å². The summed E-state index contributed by atoms with van der Waals surface area (Å²) in [5.74, 6) is -0.685. The Morgan fingerprint density at radius 3 is 2.50 bits per heavy atom. The van der Waals surface area contributed by atoms with Gasteiger partial charge in [0.1, 0.15) is 0 Å². The lowest BCUT2D eigenvalue weighted by Crippen LogP contribution is -2.37. The summed E-state index contributed by atoms with van der Waals surface area (Å²) in [4.78, 5) is 28.0. The number of halogens is 3. The van der Waals surface area contributed by atoms with Crippen molar-refractivity contribution in [3.8, 4) is 0 Å². The number of nitrogens with zero attached hydrogens (tertiary/aromatic N) is 3. The number of nitrogens with one attached hydrogen (secondary N) is 1. The summed E-state index contributed by atoms with van der Waals surface area (Å²) in [6.45, 7) is 4.14.